The number of alkyl halides is 1. The minimum Gasteiger partial charge on any atom is -0.381 e. The van der Waals surface area contributed by atoms with Gasteiger partial charge >= 0.3 is 0 Å². The maximum Gasteiger partial charge on any atom is 0.283 e. The minimum atomic E-state index is -4.77. The molecule has 0 unspecified atom stereocenters. The summed E-state index contributed by atoms with van der Waals surface area (Å²) in [6.45, 7) is 7.83. The van der Waals surface area contributed by atoms with Crippen LogP contribution in [-0.2, 0) is 39.3 Å². The van der Waals surface area contributed by atoms with Crippen LogP contribution in [0.4, 0.5) is 8.87 Å². The van der Waals surface area contributed by atoms with Crippen LogP contribution < -0.4 is 0 Å². The third kappa shape index (κ3) is 11.2. The van der Waals surface area contributed by atoms with E-state index in [0.717, 1.165) is 56.9 Å². The van der Waals surface area contributed by atoms with E-state index < -0.39 is 39.4 Å². The molecule has 13 heteroatoms. The first-order valence-corrected chi connectivity index (χ1v) is 15.5. The molecule has 2 saturated heterocycles. The van der Waals surface area contributed by atoms with E-state index in [-0.39, 0.29) is 0 Å². The van der Waals surface area contributed by atoms with Crippen molar-refractivity contribution in [3.8, 4) is 0 Å². The molecule has 2 aliphatic rings. The van der Waals surface area contributed by atoms with E-state index >= 15 is 0 Å². The van der Waals surface area contributed by atoms with Crippen molar-refractivity contribution in [1.82, 2.24) is 3.93 Å². The highest BCUT2D eigenvalue weighted by molar-refractivity contribution is 8.03. The minimum absolute atomic E-state index is 0.443. The summed E-state index contributed by atoms with van der Waals surface area (Å²) >= 11 is 0. The lowest BCUT2D eigenvalue weighted by atomic mass is 10.00. The summed E-state index contributed by atoms with van der Waals surface area (Å²) in [4.78, 5) is 8.88. The summed E-state index contributed by atoms with van der Waals surface area (Å²) in [5.74, 6) is 0.635. The number of hydrogen-bond donors (Lipinski definition) is 0. The summed E-state index contributed by atoms with van der Waals surface area (Å²) in [6, 6.07) is 13.0. The van der Waals surface area contributed by atoms with E-state index in [2.05, 4.69) is 0 Å². The van der Waals surface area contributed by atoms with Crippen LogP contribution in [0.5, 0.6) is 0 Å². The topological polar surface area (TPSA) is 108 Å². The molecule has 9 nitrogen and oxygen atoms in total. The zero-order chi connectivity index (χ0) is 28.8. The highest BCUT2D eigenvalue weighted by Gasteiger charge is 2.37. The predicted octanol–water partition coefficient (Wildman–Crippen LogP) is 4.86. The van der Waals surface area contributed by atoms with E-state index in [4.69, 9.17) is 19.2 Å². The summed E-state index contributed by atoms with van der Waals surface area (Å²) in [5.41, 5.74) is -0.946. The third-order valence-corrected chi connectivity index (χ3v) is 9.51. The zero-order valence-electron chi connectivity index (χ0n) is 22.2. The normalized spacial score (nSPS) is 17.9. The number of rotatable bonds is 8. The number of nitrogens with zero attached hydrogens (tertiary/aromatic N) is 1. The second-order valence-corrected chi connectivity index (χ2v) is 12.8. The highest BCUT2D eigenvalue weighted by atomic mass is 32.3. The number of sulfonamides is 2. The number of halogens is 2. The van der Waals surface area contributed by atoms with Crippen molar-refractivity contribution in [1.29, 1.82) is 0 Å². The Morgan fingerprint density at radius 2 is 1.26 bits per heavy atom. The second kappa shape index (κ2) is 16.3. The van der Waals surface area contributed by atoms with Gasteiger partial charge in [0.25, 0.3) is 20.0 Å². The molecule has 0 atom stereocenters. The third-order valence-electron chi connectivity index (χ3n) is 5.84. The molecule has 0 radical (unpaired) electrons. The van der Waals surface area contributed by atoms with Crippen LogP contribution in [0, 0.1) is 5.92 Å². The van der Waals surface area contributed by atoms with Gasteiger partial charge in [-0.1, -0.05) is 36.4 Å². The van der Waals surface area contributed by atoms with Gasteiger partial charge in [0, 0.05) is 39.3 Å². The van der Waals surface area contributed by atoms with Crippen molar-refractivity contribution < 1.29 is 45.0 Å². The summed E-state index contributed by atoms with van der Waals surface area (Å²) in [6.07, 6.45) is 3.33. The van der Waals surface area contributed by atoms with Crippen molar-refractivity contribution >= 4 is 20.0 Å². The molecule has 39 heavy (non-hydrogen) atoms. The van der Waals surface area contributed by atoms with Gasteiger partial charge in [0.2, 0.25) is 0 Å². The van der Waals surface area contributed by atoms with Gasteiger partial charge in [0.1, 0.15) is 5.67 Å². The highest BCUT2D eigenvalue weighted by Crippen LogP contribution is 2.25. The molecule has 0 aliphatic carbocycles. The molecular weight excluding hydrogens is 556 g/mol. The molecule has 2 aromatic carbocycles. The maximum absolute atomic E-state index is 14.0. The molecule has 0 bridgehead atoms. The van der Waals surface area contributed by atoms with E-state index in [1.807, 2.05) is 6.92 Å². The van der Waals surface area contributed by atoms with Crippen molar-refractivity contribution in [3.05, 3.63) is 60.7 Å². The van der Waals surface area contributed by atoms with Crippen molar-refractivity contribution in [2.45, 2.75) is 55.0 Å². The Morgan fingerprint density at radius 3 is 1.64 bits per heavy atom. The van der Waals surface area contributed by atoms with Crippen LogP contribution >= 0.6 is 0 Å². The van der Waals surface area contributed by atoms with E-state index in [0.29, 0.717) is 38.6 Å². The van der Waals surface area contributed by atoms with Gasteiger partial charge in [-0.2, -0.15) is 0 Å². The Morgan fingerprint density at radius 1 is 0.821 bits per heavy atom. The lowest BCUT2D eigenvalue weighted by Crippen LogP contribution is -2.29. The molecule has 4 rings (SSSR count). The molecule has 2 aliphatic heterocycles. The Labute approximate surface area is 230 Å². The first-order chi connectivity index (χ1) is 18.5. The van der Waals surface area contributed by atoms with Gasteiger partial charge in [-0.25, -0.2) is 31.0 Å². The van der Waals surface area contributed by atoms with Crippen LogP contribution in [0.2, 0.25) is 0 Å². The quantitative estimate of drug-likeness (QED) is 0.185. The number of hydrogen-bond acceptors (Lipinski definition) is 8. The predicted molar refractivity (Wildman–Crippen MR) is 141 cm³/mol. The number of ether oxygens (including phenoxy) is 2. The molecule has 0 saturated carbocycles. The van der Waals surface area contributed by atoms with Crippen LogP contribution in [0.1, 0.15) is 39.5 Å². The molecule has 0 spiro atoms. The number of benzene rings is 2. The summed E-state index contributed by atoms with van der Waals surface area (Å²) in [7, 11) is -9.53. The van der Waals surface area contributed by atoms with Gasteiger partial charge in [-0.05, 0) is 56.9 Å². The maximum atomic E-state index is 14.0. The molecule has 220 valence electrons. The lowest BCUT2D eigenvalue weighted by Gasteiger charge is -2.24. The van der Waals surface area contributed by atoms with Crippen LogP contribution in [0.15, 0.2) is 70.5 Å². The van der Waals surface area contributed by atoms with Crippen LogP contribution in [0.25, 0.3) is 0 Å². The fraction of sp³-hybridized carbons (Fsp3) is 0.538. The Kier molecular flexibility index (Phi) is 13.9. The fourth-order valence-corrected chi connectivity index (χ4v) is 6.30. The van der Waals surface area contributed by atoms with Crippen LogP contribution in [0.3, 0.4) is 0 Å². The SMILES string of the molecule is CC1(F)CCOCC1.CCOOCC1CCOCC1.O=S(=O)(c1ccccc1)N(F)S(=O)(=O)c1ccccc1. The molecule has 2 fully saturated rings. The van der Waals surface area contributed by atoms with Gasteiger partial charge in [-0.15, -0.1) is 4.48 Å². The standard InChI is InChI=1S/C12H10FNO4S2.C8H16O3.C6H11FO/c13-14(19(15,16)11-7-3-1-4-8-11)20(17,18)12-9-5-2-6-10-12;1-2-10-11-7-8-3-5-9-6-4-8;1-6(7)2-4-8-5-3-6/h1-10H;8H,2-7H2,1H3;2-5H2,1H3. The first kappa shape index (κ1) is 33.2. The van der Waals surface area contributed by atoms with Gasteiger partial charge in [0.05, 0.1) is 26.9 Å². The monoisotopic (exact) mass is 593 g/mol. The Balaban J connectivity index is 0.000000234. The van der Waals surface area contributed by atoms with E-state index in [9.17, 15) is 25.7 Å². The average Bonchev–Trinajstić information content (AvgIpc) is 2.95. The molecule has 2 heterocycles. The summed E-state index contributed by atoms with van der Waals surface area (Å²) < 4.78 is 83.5. The smallest absolute Gasteiger partial charge is 0.283 e. The molecule has 0 aromatic heterocycles. The lowest BCUT2D eigenvalue weighted by molar-refractivity contribution is -0.300. The average molecular weight is 594 g/mol. The van der Waals surface area contributed by atoms with Crippen molar-refractivity contribution in [3.63, 3.8) is 0 Å². The molecule has 2 aromatic rings. The molecule has 0 amide bonds. The van der Waals surface area contributed by atoms with Gasteiger partial charge < -0.3 is 9.47 Å². The zero-order valence-corrected chi connectivity index (χ0v) is 23.8. The summed E-state index contributed by atoms with van der Waals surface area (Å²) in [5, 5.41) is 0. The largest absolute Gasteiger partial charge is 0.381 e. The van der Waals surface area contributed by atoms with E-state index in [1.165, 1.54) is 36.4 Å². The van der Waals surface area contributed by atoms with Gasteiger partial charge in [-0.3, -0.25) is 0 Å². The van der Waals surface area contributed by atoms with E-state index in [1.54, 1.807) is 6.92 Å². The first-order valence-electron chi connectivity index (χ1n) is 12.7. The molecule has 0 N–H and O–H groups in total. The molecular formula is C26H37F2NO8S2. The second-order valence-electron chi connectivity index (χ2n) is 9.06. The van der Waals surface area contributed by atoms with Crippen molar-refractivity contribution in [2.75, 3.05) is 39.6 Å². The van der Waals surface area contributed by atoms with Crippen LogP contribution in [-0.4, -0.2) is 66.1 Å². The Bertz CT molecular complexity index is 1080. The fourth-order valence-electron chi connectivity index (χ4n) is 3.42. The Hall–Kier alpha value is -2.00. The van der Waals surface area contributed by atoms with Gasteiger partial charge in [0.15, 0.2) is 0 Å². The van der Waals surface area contributed by atoms with Crippen molar-refractivity contribution in [2.24, 2.45) is 5.92 Å².